The second-order valence-corrected chi connectivity index (χ2v) is 6.83. The smallest absolute Gasteiger partial charge is 0.237 e. The van der Waals surface area contributed by atoms with Crippen LogP contribution in [0.25, 0.3) is 0 Å². The van der Waals surface area contributed by atoms with Gasteiger partial charge in [0.2, 0.25) is 5.91 Å². The third-order valence-electron chi connectivity index (χ3n) is 4.74. The second-order valence-electron chi connectivity index (χ2n) is 6.83. The SMILES string of the molecule is CN1CCN(c2ccc(CNC(=O)C(N)Cc3ccccc3)cn2)CC1. The minimum atomic E-state index is -0.546. The largest absolute Gasteiger partial charge is 0.354 e. The van der Waals surface area contributed by atoms with Crippen LogP contribution in [0, 0.1) is 0 Å². The maximum absolute atomic E-state index is 12.2. The van der Waals surface area contributed by atoms with Crippen LogP contribution in [0.3, 0.4) is 0 Å². The van der Waals surface area contributed by atoms with E-state index in [1.54, 1.807) is 0 Å². The number of amides is 1. The van der Waals surface area contributed by atoms with Crippen molar-refractivity contribution in [2.24, 2.45) is 5.73 Å². The van der Waals surface area contributed by atoms with Gasteiger partial charge in [0.05, 0.1) is 6.04 Å². The summed E-state index contributed by atoms with van der Waals surface area (Å²) in [5, 5.41) is 2.90. The van der Waals surface area contributed by atoms with Crippen LogP contribution in [0.4, 0.5) is 5.82 Å². The molecule has 0 bridgehead atoms. The molecule has 3 rings (SSSR count). The van der Waals surface area contributed by atoms with Crippen molar-refractivity contribution < 1.29 is 4.79 Å². The number of piperazine rings is 1. The molecule has 1 atom stereocenters. The van der Waals surface area contributed by atoms with Crippen LogP contribution in [0.5, 0.6) is 0 Å². The highest BCUT2D eigenvalue weighted by molar-refractivity contribution is 5.81. The number of likely N-dealkylation sites (N-methyl/N-ethyl adjacent to an activating group) is 1. The topological polar surface area (TPSA) is 74.5 Å². The van der Waals surface area contributed by atoms with E-state index >= 15 is 0 Å². The average molecular weight is 353 g/mol. The van der Waals surface area contributed by atoms with Gasteiger partial charge in [-0.1, -0.05) is 36.4 Å². The molecule has 1 amide bonds. The van der Waals surface area contributed by atoms with E-state index in [-0.39, 0.29) is 5.91 Å². The molecule has 6 nitrogen and oxygen atoms in total. The number of benzene rings is 1. The lowest BCUT2D eigenvalue weighted by Gasteiger charge is -2.33. The minimum Gasteiger partial charge on any atom is -0.354 e. The van der Waals surface area contributed by atoms with Crippen LogP contribution in [0.2, 0.25) is 0 Å². The highest BCUT2D eigenvalue weighted by Gasteiger charge is 2.16. The Labute approximate surface area is 155 Å². The average Bonchev–Trinajstić information content (AvgIpc) is 2.68. The number of anilines is 1. The number of hydrogen-bond donors (Lipinski definition) is 2. The molecule has 2 heterocycles. The van der Waals surface area contributed by atoms with Crippen LogP contribution in [-0.4, -0.2) is 55.1 Å². The van der Waals surface area contributed by atoms with Gasteiger partial charge in [-0.2, -0.15) is 0 Å². The Bertz CT molecular complexity index is 696. The molecule has 6 heteroatoms. The first-order valence-electron chi connectivity index (χ1n) is 9.07. The summed E-state index contributed by atoms with van der Waals surface area (Å²) in [7, 11) is 2.14. The summed E-state index contributed by atoms with van der Waals surface area (Å²) in [6.07, 6.45) is 2.37. The molecule has 0 saturated carbocycles. The molecule has 0 radical (unpaired) electrons. The van der Waals surface area contributed by atoms with Crippen LogP contribution in [0.1, 0.15) is 11.1 Å². The summed E-state index contributed by atoms with van der Waals surface area (Å²) in [4.78, 5) is 21.3. The fourth-order valence-electron chi connectivity index (χ4n) is 3.02. The third-order valence-corrected chi connectivity index (χ3v) is 4.74. The first-order valence-corrected chi connectivity index (χ1v) is 9.07. The van der Waals surface area contributed by atoms with Crippen molar-refractivity contribution in [2.45, 2.75) is 19.0 Å². The van der Waals surface area contributed by atoms with E-state index < -0.39 is 6.04 Å². The Balaban J connectivity index is 1.47. The van der Waals surface area contributed by atoms with Gasteiger partial charge in [0.15, 0.2) is 0 Å². The molecule has 3 N–H and O–H groups in total. The summed E-state index contributed by atoms with van der Waals surface area (Å²) in [6, 6.07) is 13.3. The van der Waals surface area contributed by atoms with Crippen molar-refractivity contribution >= 4 is 11.7 Å². The predicted molar refractivity (Wildman–Crippen MR) is 104 cm³/mol. The van der Waals surface area contributed by atoms with Crippen molar-refractivity contribution in [1.29, 1.82) is 0 Å². The molecule has 26 heavy (non-hydrogen) atoms. The van der Waals surface area contributed by atoms with E-state index in [1.165, 1.54) is 0 Å². The fraction of sp³-hybridized carbons (Fsp3) is 0.400. The van der Waals surface area contributed by atoms with Gasteiger partial charge < -0.3 is 20.9 Å². The lowest BCUT2D eigenvalue weighted by Crippen LogP contribution is -2.44. The zero-order valence-electron chi connectivity index (χ0n) is 15.3. The number of nitrogens with one attached hydrogen (secondary N) is 1. The summed E-state index contributed by atoms with van der Waals surface area (Å²) in [6.45, 7) is 4.54. The summed E-state index contributed by atoms with van der Waals surface area (Å²) < 4.78 is 0. The number of carbonyl (C=O) groups is 1. The zero-order valence-corrected chi connectivity index (χ0v) is 15.3. The molecule has 1 saturated heterocycles. The highest BCUT2D eigenvalue weighted by Crippen LogP contribution is 2.13. The van der Waals surface area contributed by atoms with Crippen LogP contribution >= 0.6 is 0 Å². The number of aromatic nitrogens is 1. The molecular formula is C20H27N5O. The summed E-state index contributed by atoms with van der Waals surface area (Å²) in [5.74, 6) is 0.853. The number of nitrogens with zero attached hydrogens (tertiary/aromatic N) is 3. The lowest BCUT2D eigenvalue weighted by atomic mass is 10.1. The van der Waals surface area contributed by atoms with Gasteiger partial charge in [0, 0.05) is 38.9 Å². The summed E-state index contributed by atoms with van der Waals surface area (Å²) >= 11 is 0. The first-order chi connectivity index (χ1) is 12.6. The zero-order chi connectivity index (χ0) is 18.4. The third kappa shape index (κ3) is 5.03. The van der Waals surface area contributed by atoms with Gasteiger partial charge in [-0.15, -0.1) is 0 Å². The maximum Gasteiger partial charge on any atom is 0.237 e. The monoisotopic (exact) mass is 353 g/mol. The van der Waals surface area contributed by atoms with Crippen molar-refractivity contribution in [1.82, 2.24) is 15.2 Å². The van der Waals surface area contributed by atoms with Crippen molar-refractivity contribution in [2.75, 3.05) is 38.1 Å². The van der Waals surface area contributed by atoms with E-state index in [0.717, 1.165) is 43.1 Å². The van der Waals surface area contributed by atoms with E-state index in [0.29, 0.717) is 13.0 Å². The number of hydrogen-bond acceptors (Lipinski definition) is 5. The predicted octanol–water partition coefficient (Wildman–Crippen LogP) is 1.02. The molecule has 1 aromatic heterocycles. The Morgan fingerprint density at radius 3 is 2.50 bits per heavy atom. The van der Waals surface area contributed by atoms with Gasteiger partial charge in [-0.25, -0.2) is 4.98 Å². The number of nitrogens with two attached hydrogens (primary N) is 1. The number of pyridine rings is 1. The molecule has 0 aliphatic carbocycles. The minimum absolute atomic E-state index is 0.142. The van der Waals surface area contributed by atoms with Gasteiger partial charge >= 0.3 is 0 Å². The second kappa shape index (κ2) is 8.78. The van der Waals surface area contributed by atoms with E-state index in [4.69, 9.17) is 5.73 Å². The molecular weight excluding hydrogens is 326 g/mol. The van der Waals surface area contributed by atoms with Gasteiger partial charge in [-0.3, -0.25) is 4.79 Å². The van der Waals surface area contributed by atoms with Crippen molar-refractivity contribution in [3.05, 3.63) is 59.8 Å². The van der Waals surface area contributed by atoms with Crippen LogP contribution < -0.4 is 16.0 Å². The molecule has 2 aromatic rings. The molecule has 138 valence electrons. The Kier molecular flexibility index (Phi) is 6.20. The Hall–Kier alpha value is -2.44. The Morgan fingerprint density at radius 1 is 1.12 bits per heavy atom. The summed E-state index contributed by atoms with van der Waals surface area (Å²) in [5.41, 5.74) is 8.05. The Morgan fingerprint density at radius 2 is 1.85 bits per heavy atom. The molecule has 1 fully saturated rings. The van der Waals surface area contributed by atoms with Gasteiger partial charge in [-0.05, 0) is 30.7 Å². The van der Waals surface area contributed by atoms with Crippen LogP contribution in [0.15, 0.2) is 48.7 Å². The van der Waals surface area contributed by atoms with E-state index in [1.807, 2.05) is 48.7 Å². The lowest BCUT2D eigenvalue weighted by molar-refractivity contribution is -0.122. The van der Waals surface area contributed by atoms with E-state index in [9.17, 15) is 4.79 Å². The standard InChI is InChI=1S/C20H27N5O/c1-24-9-11-25(12-10-24)19-8-7-17(14-22-19)15-23-20(26)18(21)13-16-5-3-2-4-6-16/h2-8,14,18H,9-13,15,21H2,1H3,(H,23,26). The van der Waals surface area contributed by atoms with Crippen LogP contribution in [-0.2, 0) is 17.8 Å². The molecule has 1 unspecified atom stereocenters. The van der Waals surface area contributed by atoms with Gasteiger partial charge in [0.25, 0.3) is 0 Å². The van der Waals surface area contributed by atoms with Crippen molar-refractivity contribution in [3.8, 4) is 0 Å². The van der Waals surface area contributed by atoms with E-state index in [2.05, 4.69) is 27.1 Å². The first kappa shape index (κ1) is 18.4. The molecule has 1 aliphatic rings. The molecule has 1 aromatic carbocycles. The number of carbonyl (C=O) groups excluding carboxylic acids is 1. The van der Waals surface area contributed by atoms with Gasteiger partial charge in [0.1, 0.15) is 5.82 Å². The van der Waals surface area contributed by atoms with Crippen molar-refractivity contribution in [3.63, 3.8) is 0 Å². The highest BCUT2D eigenvalue weighted by atomic mass is 16.2. The maximum atomic E-state index is 12.2. The quantitative estimate of drug-likeness (QED) is 0.811. The fourth-order valence-corrected chi connectivity index (χ4v) is 3.02. The molecule has 0 spiro atoms. The molecule has 1 aliphatic heterocycles. The normalized spacial score (nSPS) is 16.3. The number of rotatable bonds is 6.